The molecule has 0 saturated carbocycles. The molecule has 1 atom stereocenters. The molecule has 1 aromatic rings. The van der Waals surface area contributed by atoms with Gasteiger partial charge in [-0.05, 0) is 12.5 Å². The van der Waals surface area contributed by atoms with E-state index in [1.807, 2.05) is 51.1 Å². The molecule has 0 aliphatic carbocycles. The van der Waals surface area contributed by atoms with Crippen molar-refractivity contribution in [1.29, 1.82) is 5.26 Å². The summed E-state index contributed by atoms with van der Waals surface area (Å²) in [5.74, 6) is 0. The highest BCUT2D eigenvalue weighted by Crippen LogP contribution is 2.04. The zero-order chi connectivity index (χ0) is 11.0. The predicted octanol–water partition coefficient (Wildman–Crippen LogP) is 2.41. The smallest absolute Gasteiger partial charge is 0.0968 e. The standard InChI is InChI=1S/C10H12N2.C2H6/c1-8-2-4-9(5-3-8)6-10(12)7-11;1-2/h2-5,10H,6,12H2,1H3;1-2H3. The van der Waals surface area contributed by atoms with E-state index in [1.54, 1.807) is 0 Å². The van der Waals surface area contributed by atoms with Crippen molar-refractivity contribution in [1.82, 2.24) is 0 Å². The fourth-order valence-electron chi connectivity index (χ4n) is 1.02. The van der Waals surface area contributed by atoms with Crippen LogP contribution in [0.4, 0.5) is 0 Å². The Labute approximate surface area is 86.4 Å². The number of rotatable bonds is 2. The van der Waals surface area contributed by atoms with Crippen LogP contribution in [0.25, 0.3) is 0 Å². The minimum atomic E-state index is -0.382. The van der Waals surface area contributed by atoms with Gasteiger partial charge in [0.2, 0.25) is 0 Å². The van der Waals surface area contributed by atoms with Crippen LogP contribution in [0.3, 0.4) is 0 Å². The van der Waals surface area contributed by atoms with Crippen LogP contribution in [0, 0.1) is 18.3 Å². The summed E-state index contributed by atoms with van der Waals surface area (Å²) in [6.07, 6.45) is 0.636. The molecule has 2 N–H and O–H groups in total. The summed E-state index contributed by atoms with van der Waals surface area (Å²) >= 11 is 0. The molecule has 0 radical (unpaired) electrons. The van der Waals surface area contributed by atoms with Crippen molar-refractivity contribution in [3.8, 4) is 6.07 Å². The van der Waals surface area contributed by atoms with Gasteiger partial charge in [0.25, 0.3) is 0 Å². The van der Waals surface area contributed by atoms with Gasteiger partial charge >= 0.3 is 0 Å². The maximum atomic E-state index is 8.48. The first-order valence-electron chi connectivity index (χ1n) is 4.93. The third-order valence-electron chi connectivity index (χ3n) is 1.74. The van der Waals surface area contributed by atoms with E-state index in [0.29, 0.717) is 6.42 Å². The number of benzene rings is 1. The molecule has 0 aliphatic heterocycles. The second-order valence-corrected chi connectivity index (χ2v) is 2.93. The quantitative estimate of drug-likeness (QED) is 0.778. The summed E-state index contributed by atoms with van der Waals surface area (Å²) in [7, 11) is 0. The molecule has 0 fully saturated rings. The Kier molecular flexibility index (Phi) is 6.43. The van der Waals surface area contributed by atoms with Gasteiger partial charge in [0.1, 0.15) is 0 Å². The average Bonchev–Trinajstić information content (AvgIpc) is 2.24. The number of hydrogen-bond donors (Lipinski definition) is 1. The fourth-order valence-corrected chi connectivity index (χ4v) is 1.02. The average molecular weight is 190 g/mol. The van der Waals surface area contributed by atoms with E-state index in [1.165, 1.54) is 5.56 Å². The Morgan fingerprint density at radius 3 is 2.21 bits per heavy atom. The van der Waals surface area contributed by atoms with Crippen LogP contribution in [0.5, 0.6) is 0 Å². The van der Waals surface area contributed by atoms with Crippen LogP contribution < -0.4 is 5.73 Å². The zero-order valence-electron chi connectivity index (χ0n) is 9.12. The van der Waals surface area contributed by atoms with Crippen molar-refractivity contribution in [2.45, 2.75) is 33.2 Å². The second-order valence-electron chi connectivity index (χ2n) is 2.93. The first-order chi connectivity index (χ1) is 6.72. The Balaban J connectivity index is 0.000000791. The Bertz CT molecular complexity index is 282. The molecule has 14 heavy (non-hydrogen) atoms. The summed E-state index contributed by atoms with van der Waals surface area (Å²) in [5.41, 5.74) is 7.83. The third kappa shape index (κ3) is 4.64. The van der Waals surface area contributed by atoms with Gasteiger partial charge in [-0.2, -0.15) is 5.26 Å². The number of nitriles is 1. The molecule has 0 heterocycles. The zero-order valence-corrected chi connectivity index (χ0v) is 9.12. The van der Waals surface area contributed by atoms with Crippen molar-refractivity contribution in [3.63, 3.8) is 0 Å². The molecule has 1 rings (SSSR count). The number of hydrogen-bond acceptors (Lipinski definition) is 2. The molecule has 2 heteroatoms. The van der Waals surface area contributed by atoms with Crippen LogP contribution >= 0.6 is 0 Å². The van der Waals surface area contributed by atoms with Gasteiger partial charge < -0.3 is 5.73 Å². The van der Waals surface area contributed by atoms with E-state index in [0.717, 1.165) is 5.56 Å². The Morgan fingerprint density at radius 1 is 1.29 bits per heavy atom. The number of nitrogens with two attached hydrogens (primary N) is 1. The van der Waals surface area contributed by atoms with Crippen LogP contribution in [0.1, 0.15) is 25.0 Å². The highest BCUT2D eigenvalue weighted by Gasteiger charge is 2.00. The van der Waals surface area contributed by atoms with Crippen molar-refractivity contribution in [2.75, 3.05) is 0 Å². The summed E-state index contributed by atoms with van der Waals surface area (Å²) in [6.45, 7) is 6.04. The van der Waals surface area contributed by atoms with Crippen LogP contribution in [0.2, 0.25) is 0 Å². The van der Waals surface area contributed by atoms with E-state index in [4.69, 9.17) is 11.0 Å². The summed E-state index contributed by atoms with van der Waals surface area (Å²) in [5, 5.41) is 8.48. The van der Waals surface area contributed by atoms with Gasteiger partial charge in [0.15, 0.2) is 0 Å². The lowest BCUT2D eigenvalue weighted by Gasteiger charge is -2.02. The Morgan fingerprint density at radius 2 is 1.79 bits per heavy atom. The minimum Gasteiger partial charge on any atom is -0.316 e. The first-order valence-corrected chi connectivity index (χ1v) is 4.93. The highest BCUT2D eigenvalue weighted by molar-refractivity contribution is 5.22. The maximum Gasteiger partial charge on any atom is 0.0968 e. The molecule has 2 nitrogen and oxygen atoms in total. The molecule has 1 aromatic carbocycles. The fraction of sp³-hybridized carbons (Fsp3) is 0.417. The van der Waals surface area contributed by atoms with Gasteiger partial charge in [-0.1, -0.05) is 43.7 Å². The summed E-state index contributed by atoms with van der Waals surface area (Å²) < 4.78 is 0. The molecule has 0 spiro atoms. The molecule has 0 aliphatic rings. The lowest BCUT2D eigenvalue weighted by atomic mass is 10.1. The van der Waals surface area contributed by atoms with E-state index in [2.05, 4.69) is 0 Å². The molecule has 1 unspecified atom stereocenters. The number of nitrogens with zero attached hydrogens (tertiary/aromatic N) is 1. The monoisotopic (exact) mass is 190 g/mol. The molecule has 0 aromatic heterocycles. The lowest BCUT2D eigenvalue weighted by molar-refractivity contribution is 0.823. The second kappa shape index (κ2) is 7.11. The third-order valence-corrected chi connectivity index (χ3v) is 1.74. The first kappa shape index (κ1) is 12.7. The Hall–Kier alpha value is -1.33. The topological polar surface area (TPSA) is 49.8 Å². The molecule has 0 saturated heterocycles. The van der Waals surface area contributed by atoms with Gasteiger partial charge in [-0.3, -0.25) is 0 Å². The van der Waals surface area contributed by atoms with Crippen molar-refractivity contribution in [2.24, 2.45) is 5.73 Å². The van der Waals surface area contributed by atoms with Crippen molar-refractivity contribution in [3.05, 3.63) is 35.4 Å². The lowest BCUT2D eigenvalue weighted by Crippen LogP contribution is -2.19. The maximum absolute atomic E-state index is 8.48. The van der Waals surface area contributed by atoms with E-state index in [9.17, 15) is 0 Å². The minimum absolute atomic E-state index is 0.382. The normalized spacial score (nSPS) is 10.8. The van der Waals surface area contributed by atoms with Gasteiger partial charge in [0, 0.05) is 6.42 Å². The molecule has 76 valence electrons. The van der Waals surface area contributed by atoms with Crippen LogP contribution in [-0.4, -0.2) is 6.04 Å². The molecular weight excluding hydrogens is 172 g/mol. The van der Waals surface area contributed by atoms with E-state index < -0.39 is 0 Å². The summed E-state index contributed by atoms with van der Waals surface area (Å²) in [6, 6.07) is 9.69. The molecule has 0 bridgehead atoms. The van der Waals surface area contributed by atoms with Crippen LogP contribution in [-0.2, 0) is 6.42 Å². The van der Waals surface area contributed by atoms with Crippen LogP contribution in [0.15, 0.2) is 24.3 Å². The van der Waals surface area contributed by atoms with Gasteiger partial charge in [-0.25, -0.2) is 0 Å². The molecular formula is C12H18N2. The highest BCUT2D eigenvalue weighted by atomic mass is 14.6. The van der Waals surface area contributed by atoms with Crippen molar-refractivity contribution >= 4 is 0 Å². The molecule has 0 amide bonds. The van der Waals surface area contributed by atoms with Crippen molar-refractivity contribution < 1.29 is 0 Å². The predicted molar refractivity (Wildman–Crippen MR) is 59.8 cm³/mol. The number of aryl methyl sites for hydroxylation is 1. The van der Waals surface area contributed by atoms with Gasteiger partial charge in [0.05, 0.1) is 12.1 Å². The largest absolute Gasteiger partial charge is 0.316 e. The van der Waals surface area contributed by atoms with E-state index in [-0.39, 0.29) is 6.04 Å². The van der Waals surface area contributed by atoms with Gasteiger partial charge in [-0.15, -0.1) is 0 Å². The summed E-state index contributed by atoms with van der Waals surface area (Å²) in [4.78, 5) is 0. The van der Waals surface area contributed by atoms with E-state index >= 15 is 0 Å². The SMILES string of the molecule is CC.Cc1ccc(CC(N)C#N)cc1.